The van der Waals surface area contributed by atoms with E-state index in [2.05, 4.69) is 5.32 Å². The quantitative estimate of drug-likeness (QED) is 0.158. The average Bonchev–Trinajstić information content (AvgIpc) is 3.10. The fourth-order valence-corrected chi connectivity index (χ4v) is 8.00. The van der Waals surface area contributed by atoms with Crippen molar-refractivity contribution in [2.75, 3.05) is 18.0 Å². The summed E-state index contributed by atoms with van der Waals surface area (Å²) in [5.41, 5.74) is 1.67. The molecule has 1 aliphatic rings. The maximum Gasteiger partial charge on any atom is 0.264 e. The Hall–Kier alpha value is -4.05. The van der Waals surface area contributed by atoms with Gasteiger partial charge in [-0.3, -0.25) is 13.9 Å². The first-order chi connectivity index (χ1) is 23.2. The molecule has 0 radical (unpaired) electrons. The molecule has 1 atom stereocenters. The first-order valence-electron chi connectivity index (χ1n) is 16.0. The van der Waals surface area contributed by atoms with Crippen LogP contribution in [0.2, 0.25) is 10.0 Å². The molecule has 4 aromatic rings. The molecule has 1 N–H and O–H groups in total. The van der Waals surface area contributed by atoms with Crippen molar-refractivity contribution in [1.82, 2.24) is 10.2 Å². The van der Waals surface area contributed by atoms with Crippen LogP contribution in [0.4, 0.5) is 5.69 Å². The minimum absolute atomic E-state index is 0.00104. The van der Waals surface area contributed by atoms with Gasteiger partial charge in [0.1, 0.15) is 18.3 Å². The summed E-state index contributed by atoms with van der Waals surface area (Å²) >= 11 is 12.8. The molecule has 2 amide bonds. The highest BCUT2D eigenvalue weighted by Crippen LogP contribution is 2.33. The highest BCUT2D eigenvalue weighted by molar-refractivity contribution is 7.92. The number of halogens is 2. The van der Waals surface area contributed by atoms with Crippen LogP contribution in [0.1, 0.15) is 43.2 Å². The second-order valence-electron chi connectivity index (χ2n) is 11.8. The van der Waals surface area contributed by atoms with Gasteiger partial charge < -0.3 is 15.0 Å². The molecule has 8 nitrogen and oxygen atoms in total. The van der Waals surface area contributed by atoms with Gasteiger partial charge >= 0.3 is 0 Å². The van der Waals surface area contributed by atoms with E-state index in [1.54, 1.807) is 37.4 Å². The van der Waals surface area contributed by atoms with Crippen molar-refractivity contribution in [2.24, 2.45) is 0 Å². The Balaban J connectivity index is 1.58. The number of benzene rings is 4. The van der Waals surface area contributed by atoms with Gasteiger partial charge in [-0.15, -0.1) is 0 Å². The Morgan fingerprint density at radius 3 is 2.19 bits per heavy atom. The summed E-state index contributed by atoms with van der Waals surface area (Å²) in [5.74, 6) is -0.278. The number of methoxy groups -OCH3 is 1. The number of rotatable bonds is 13. The van der Waals surface area contributed by atoms with Crippen molar-refractivity contribution in [3.63, 3.8) is 0 Å². The van der Waals surface area contributed by atoms with Gasteiger partial charge in [0.05, 0.1) is 22.7 Å². The fraction of sp³-hybridized carbons (Fsp3) is 0.297. The molecule has 0 bridgehead atoms. The SMILES string of the molecule is COc1cccc(CN(C(=O)CN(c2ccc(Cl)cc2Cl)S(=O)(=O)c2ccccc2)C(Cc2ccccc2)C(=O)NC2CCCCC2)c1. The summed E-state index contributed by atoms with van der Waals surface area (Å²) in [5, 5.41) is 3.59. The van der Waals surface area contributed by atoms with E-state index >= 15 is 0 Å². The Morgan fingerprint density at radius 1 is 0.854 bits per heavy atom. The standard InChI is InChI=1S/C37H39Cl2N3O5S/c1-47-31-17-11-14-28(22-31)25-41(35(23-27-12-5-2-6-13-27)37(44)40-30-15-7-3-8-16-30)36(43)26-42(34-21-20-29(38)24-33(34)39)48(45,46)32-18-9-4-10-19-32/h2,4-6,9-14,17-22,24,30,35H,3,7-8,15-16,23,25-26H2,1H3,(H,40,44). The fourth-order valence-electron chi connectivity index (χ4n) is 5.98. The third-order valence-corrected chi connectivity index (χ3v) is 10.8. The van der Waals surface area contributed by atoms with E-state index in [4.69, 9.17) is 27.9 Å². The van der Waals surface area contributed by atoms with Crippen molar-refractivity contribution in [3.05, 3.63) is 124 Å². The van der Waals surface area contributed by atoms with Crippen molar-refractivity contribution >= 4 is 50.7 Å². The number of nitrogens with zero attached hydrogens (tertiary/aromatic N) is 2. The van der Waals surface area contributed by atoms with Crippen LogP contribution >= 0.6 is 23.2 Å². The number of sulfonamides is 1. The number of hydrogen-bond acceptors (Lipinski definition) is 5. The molecule has 0 aliphatic heterocycles. The molecule has 252 valence electrons. The average molecular weight is 709 g/mol. The lowest BCUT2D eigenvalue weighted by molar-refractivity contribution is -0.140. The molecule has 0 saturated heterocycles. The van der Waals surface area contributed by atoms with Gasteiger partial charge in [-0.1, -0.05) is 103 Å². The molecule has 1 fully saturated rings. The number of ether oxygens (including phenoxy) is 1. The molecule has 11 heteroatoms. The van der Waals surface area contributed by atoms with E-state index in [-0.39, 0.29) is 40.5 Å². The van der Waals surface area contributed by atoms with Crippen LogP contribution in [-0.4, -0.2) is 50.9 Å². The number of amides is 2. The number of carbonyl (C=O) groups excluding carboxylic acids is 2. The lowest BCUT2D eigenvalue weighted by Gasteiger charge is -2.35. The topological polar surface area (TPSA) is 96.0 Å². The highest BCUT2D eigenvalue weighted by Gasteiger charge is 2.36. The Bertz CT molecular complexity index is 1800. The molecule has 0 spiro atoms. The second kappa shape index (κ2) is 16.4. The molecule has 1 aliphatic carbocycles. The van der Waals surface area contributed by atoms with Gasteiger partial charge in [0.2, 0.25) is 11.8 Å². The van der Waals surface area contributed by atoms with Gasteiger partial charge in [-0.25, -0.2) is 8.42 Å². The van der Waals surface area contributed by atoms with Gasteiger partial charge in [-0.2, -0.15) is 0 Å². The maximum absolute atomic E-state index is 14.7. The van der Waals surface area contributed by atoms with Crippen LogP contribution in [0.25, 0.3) is 0 Å². The largest absolute Gasteiger partial charge is 0.497 e. The number of hydrogen-bond donors (Lipinski definition) is 1. The summed E-state index contributed by atoms with van der Waals surface area (Å²) < 4.78 is 34.8. The third kappa shape index (κ3) is 8.89. The van der Waals surface area contributed by atoms with Crippen LogP contribution in [0.5, 0.6) is 5.75 Å². The van der Waals surface area contributed by atoms with Crippen LogP contribution in [-0.2, 0) is 32.6 Å². The van der Waals surface area contributed by atoms with Crippen LogP contribution in [0.15, 0.2) is 108 Å². The van der Waals surface area contributed by atoms with Crippen molar-refractivity contribution in [2.45, 2.75) is 62.0 Å². The summed E-state index contributed by atoms with van der Waals surface area (Å²) in [6, 6.07) is 28.0. The second-order valence-corrected chi connectivity index (χ2v) is 14.5. The molecule has 1 saturated carbocycles. The predicted octanol–water partition coefficient (Wildman–Crippen LogP) is 7.29. The van der Waals surface area contributed by atoms with Gasteiger partial charge in [0.25, 0.3) is 10.0 Å². The summed E-state index contributed by atoms with van der Waals surface area (Å²) in [6.45, 7) is -0.594. The highest BCUT2D eigenvalue weighted by atomic mass is 35.5. The van der Waals surface area contributed by atoms with Crippen LogP contribution in [0.3, 0.4) is 0 Å². The van der Waals surface area contributed by atoms with E-state index in [0.717, 1.165) is 42.0 Å². The van der Waals surface area contributed by atoms with Gasteiger partial charge in [0, 0.05) is 24.0 Å². The molecule has 1 unspecified atom stereocenters. The zero-order chi connectivity index (χ0) is 34.1. The smallest absolute Gasteiger partial charge is 0.264 e. The molecular weight excluding hydrogens is 669 g/mol. The third-order valence-electron chi connectivity index (χ3n) is 8.50. The van der Waals surface area contributed by atoms with Gasteiger partial charge in [0.15, 0.2) is 0 Å². The Morgan fingerprint density at radius 2 is 1.52 bits per heavy atom. The van der Waals surface area contributed by atoms with E-state index in [1.807, 2.05) is 42.5 Å². The summed E-state index contributed by atoms with van der Waals surface area (Å²) in [6.07, 6.45) is 5.13. The minimum atomic E-state index is -4.29. The van der Waals surface area contributed by atoms with E-state index in [1.165, 1.54) is 35.2 Å². The van der Waals surface area contributed by atoms with Crippen LogP contribution < -0.4 is 14.4 Å². The molecule has 5 rings (SSSR count). The van der Waals surface area contributed by atoms with E-state index in [0.29, 0.717) is 16.3 Å². The van der Waals surface area contributed by atoms with Crippen LogP contribution in [0, 0.1) is 0 Å². The van der Waals surface area contributed by atoms with Crippen molar-refractivity contribution in [1.29, 1.82) is 0 Å². The minimum Gasteiger partial charge on any atom is -0.497 e. The summed E-state index contributed by atoms with van der Waals surface area (Å²) in [7, 11) is -2.74. The zero-order valence-corrected chi connectivity index (χ0v) is 29.1. The number of anilines is 1. The summed E-state index contributed by atoms with van der Waals surface area (Å²) in [4.78, 5) is 30.4. The Labute approximate surface area is 292 Å². The lowest BCUT2D eigenvalue weighted by Crippen LogP contribution is -2.55. The number of carbonyl (C=O) groups is 2. The molecule has 48 heavy (non-hydrogen) atoms. The lowest BCUT2D eigenvalue weighted by atomic mass is 9.94. The molecule has 0 aromatic heterocycles. The molecule has 4 aromatic carbocycles. The Kier molecular flexibility index (Phi) is 12.0. The van der Waals surface area contributed by atoms with Crippen molar-refractivity contribution in [3.8, 4) is 5.75 Å². The monoisotopic (exact) mass is 707 g/mol. The van der Waals surface area contributed by atoms with Gasteiger partial charge in [-0.05, 0) is 66.4 Å². The molecular formula is C37H39Cl2N3O5S. The first kappa shape index (κ1) is 35.3. The number of nitrogens with one attached hydrogen (secondary N) is 1. The van der Waals surface area contributed by atoms with E-state index < -0.39 is 28.5 Å². The maximum atomic E-state index is 14.7. The predicted molar refractivity (Wildman–Crippen MR) is 190 cm³/mol. The van der Waals surface area contributed by atoms with Crippen molar-refractivity contribution < 1.29 is 22.7 Å². The zero-order valence-electron chi connectivity index (χ0n) is 26.7. The normalized spacial score (nSPS) is 14.1. The van der Waals surface area contributed by atoms with E-state index in [9.17, 15) is 18.0 Å². The first-order valence-corrected chi connectivity index (χ1v) is 18.1. The molecule has 0 heterocycles.